The fourth-order valence-corrected chi connectivity index (χ4v) is 3.33. The van der Waals surface area contributed by atoms with Crippen LogP contribution in [0.3, 0.4) is 0 Å². The second-order valence-electron chi connectivity index (χ2n) is 6.34. The maximum Gasteiger partial charge on any atom is 0.119 e. The number of rotatable bonds is 5. The molecule has 1 fully saturated rings. The molecule has 1 aromatic carbocycles. The second kappa shape index (κ2) is 7.25. The first-order chi connectivity index (χ1) is 10.0. The van der Waals surface area contributed by atoms with Crippen LogP contribution in [-0.4, -0.2) is 56.2 Å². The summed E-state index contributed by atoms with van der Waals surface area (Å²) < 4.78 is 5.36. The van der Waals surface area contributed by atoms with Crippen molar-refractivity contribution in [3.05, 3.63) is 29.8 Å². The number of hydrogen-bond acceptors (Lipinski definition) is 4. The predicted molar refractivity (Wildman–Crippen MR) is 87.7 cm³/mol. The van der Waals surface area contributed by atoms with E-state index >= 15 is 0 Å². The van der Waals surface area contributed by atoms with Gasteiger partial charge in [-0.05, 0) is 58.1 Å². The molecule has 2 N–H and O–H groups in total. The van der Waals surface area contributed by atoms with Crippen LogP contribution in [0.15, 0.2) is 24.3 Å². The average Bonchev–Trinajstić information content (AvgIpc) is 2.47. The molecule has 2 rings (SSSR count). The van der Waals surface area contributed by atoms with E-state index in [4.69, 9.17) is 10.5 Å². The molecule has 0 bridgehead atoms. The van der Waals surface area contributed by atoms with Gasteiger partial charge in [-0.15, -0.1) is 0 Å². The van der Waals surface area contributed by atoms with Crippen LogP contribution in [0.5, 0.6) is 5.75 Å². The fraction of sp³-hybridized carbons (Fsp3) is 0.647. The SMILES string of the molecule is COc1cccc(C(C(C)N)N2CCCC(N(C)C)C2)c1. The Morgan fingerprint density at radius 1 is 1.38 bits per heavy atom. The number of ether oxygens (including phenoxy) is 1. The molecule has 1 saturated heterocycles. The Kier molecular flexibility index (Phi) is 5.62. The first-order valence-electron chi connectivity index (χ1n) is 7.83. The molecule has 21 heavy (non-hydrogen) atoms. The highest BCUT2D eigenvalue weighted by Gasteiger charge is 2.30. The largest absolute Gasteiger partial charge is 0.497 e. The molecule has 0 saturated carbocycles. The van der Waals surface area contributed by atoms with Crippen molar-refractivity contribution in [3.8, 4) is 5.75 Å². The monoisotopic (exact) mass is 291 g/mol. The van der Waals surface area contributed by atoms with E-state index < -0.39 is 0 Å². The second-order valence-corrected chi connectivity index (χ2v) is 6.34. The molecular formula is C17H29N3O. The van der Waals surface area contributed by atoms with Crippen LogP contribution >= 0.6 is 0 Å². The summed E-state index contributed by atoms with van der Waals surface area (Å²) in [4.78, 5) is 4.86. The molecule has 0 amide bonds. The van der Waals surface area contributed by atoms with Crippen LogP contribution in [0.1, 0.15) is 31.4 Å². The van der Waals surface area contributed by atoms with Gasteiger partial charge >= 0.3 is 0 Å². The Morgan fingerprint density at radius 3 is 2.76 bits per heavy atom. The van der Waals surface area contributed by atoms with E-state index in [2.05, 4.69) is 49.0 Å². The average molecular weight is 291 g/mol. The summed E-state index contributed by atoms with van der Waals surface area (Å²) in [5.74, 6) is 0.902. The summed E-state index contributed by atoms with van der Waals surface area (Å²) in [7, 11) is 6.05. The molecule has 0 radical (unpaired) electrons. The van der Waals surface area contributed by atoms with Gasteiger partial charge in [-0.1, -0.05) is 12.1 Å². The number of piperidine rings is 1. The highest BCUT2D eigenvalue weighted by Crippen LogP contribution is 2.29. The zero-order valence-corrected chi connectivity index (χ0v) is 13.7. The van der Waals surface area contributed by atoms with E-state index in [1.165, 1.54) is 18.4 Å². The summed E-state index contributed by atoms with van der Waals surface area (Å²) in [6.45, 7) is 4.30. The van der Waals surface area contributed by atoms with Crippen LogP contribution in [0.2, 0.25) is 0 Å². The zero-order chi connectivity index (χ0) is 15.4. The third-order valence-corrected chi connectivity index (χ3v) is 4.48. The van der Waals surface area contributed by atoms with Gasteiger partial charge in [-0.25, -0.2) is 0 Å². The van der Waals surface area contributed by atoms with Crippen molar-refractivity contribution in [2.24, 2.45) is 5.73 Å². The zero-order valence-electron chi connectivity index (χ0n) is 13.7. The quantitative estimate of drug-likeness (QED) is 0.902. The topological polar surface area (TPSA) is 41.7 Å². The fourth-order valence-electron chi connectivity index (χ4n) is 3.33. The van der Waals surface area contributed by atoms with E-state index in [9.17, 15) is 0 Å². The van der Waals surface area contributed by atoms with E-state index in [1.54, 1.807) is 7.11 Å². The third-order valence-electron chi connectivity index (χ3n) is 4.48. The van der Waals surface area contributed by atoms with Crippen LogP contribution < -0.4 is 10.5 Å². The Hall–Kier alpha value is -1.10. The third kappa shape index (κ3) is 3.96. The molecule has 1 aliphatic heterocycles. The van der Waals surface area contributed by atoms with Crippen molar-refractivity contribution >= 4 is 0 Å². The first-order valence-corrected chi connectivity index (χ1v) is 7.83. The Labute approximate surface area is 128 Å². The number of likely N-dealkylation sites (N-methyl/N-ethyl adjacent to an activating group) is 1. The highest BCUT2D eigenvalue weighted by molar-refractivity contribution is 5.31. The van der Waals surface area contributed by atoms with E-state index in [0.717, 1.165) is 18.8 Å². The lowest BCUT2D eigenvalue weighted by Crippen LogP contribution is -2.49. The van der Waals surface area contributed by atoms with Crippen molar-refractivity contribution < 1.29 is 4.74 Å². The number of likely N-dealkylation sites (tertiary alicyclic amines) is 1. The first kappa shape index (κ1) is 16.3. The number of benzene rings is 1. The Balaban J connectivity index is 2.21. The lowest BCUT2D eigenvalue weighted by Gasteiger charge is -2.42. The maximum absolute atomic E-state index is 6.32. The summed E-state index contributed by atoms with van der Waals surface area (Å²) in [6.07, 6.45) is 2.50. The molecule has 118 valence electrons. The Bertz CT molecular complexity index is 447. The van der Waals surface area contributed by atoms with Crippen LogP contribution in [0, 0.1) is 0 Å². The van der Waals surface area contributed by atoms with Gasteiger partial charge in [0.05, 0.1) is 7.11 Å². The normalized spacial score (nSPS) is 23.0. The molecule has 3 atom stereocenters. The van der Waals surface area contributed by atoms with Crippen LogP contribution in [-0.2, 0) is 0 Å². The maximum atomic E-state index is 6.32. The minimum absolute atomic E-state index is 0.0954. The van der Waals surface area contributed by atoms with E-state index in [1.807, 2.05) is 6.07 Å². The van der Waals surface area contributed by atoms with Gasteiger partial charge in [0, 0.05) is 24.7 Å². The lowest BCUT2D eigenvalue weighted by molar-refractivity contribution is 0.0864. The minimum Gasteiger partial charge on any atom is -0.497 e. The van der Waals surface area contributed by atoms with Gasteiger partial charge in [0.2, 0.25) is 0 Å². The smallest absolute Gasteiger partial charge is 0.119 e. The van der Waals surface area contributed by atoms with Gasteiger partial charge in [-0.2, -0.15) is 0 Å². The number of hydrogen-bond donors (Lipinski definition) is 1. The van der Waals surface area contributed by atoms with Gasteiger partial charge < -0.3 is 15.4 Å². The number of nitrogens with two attached hydrogens (primary N) is 1. The molecule has 1 aliphatic rings. The van der Waals surface area contributed by atoms with E-state index in [-0.39, 0.29) is 12.1 Å². The molecule has 0 aliphatic carbocycles. The van der Waals surface area contributed by atoms with Crippen molar-refractivity contribution in [2.75, 3.05) is 34.3 Å². The summed E-state index contributed by atoms with van der Waals surface area (Å²) in [6, 6.07) is 9.28. The van der Waals surface area contributed by atoms with Crippen molar-refractivity contribution in [3.63, 3.8) is 0 Å². The van der Waals surface area contributed by atoms with Crippen molar-refractivity contribution in [2.45, 2.75) is 37.9 Å². The van der Waals surface area contributed by atoms with Crippen molar-refractivity contribution in [1.29, 1.82) is 0 Å². The molecule has 3 unspecified atom stereocenters. The van der Waals surface area contributed by atoms with E-state index in [0.29, 0.717) is 6.04 Å². The molecule has 4 nitrogen and oxygen atoms in total. The molecule has 1 aromatic rings. The van der Waals surface area contributed by atoms with Gasteiger partial charge in [0.1, 0.15) is 5.75 Å². The molecule has 0 aromatic heterocycles. The standard InChI is InChI=1S/C17H29N3O/c1-13(18)17(14-7-5-9-16(11-14)21-4)20-10-6-8-15(12-20)19(2)3/h5,7,9,11,13,15,17H,6,8,10,12,18H2,1-4H3. The molecule has 1 heterocycles. The van der Waals surface area contributed by atoms with Gasteiger partial charge in [0.25, 0.3) is 0 Å². The lowest BCUT2D eigenvalue weighted by atomic mass is 9.95. The number of methoxy groups -OCH3 is 1. The molecule has 0 spiro atoms. The highest BCUT2D eigenvalue weighted by atomic mass is 16.5. The summed E-state index contributed by atoms with van der Waals surface area (Å²) in [5.41, 5.74) is 7.57. The van der Waals surface area contributed by atoms with Crippen LogP contribution in [0.4, 0.5) is 0 Å². The van der Waals surface area contributed by atoms with Crippen LogP contribution in [0.25, 0.3) is 0 Å². The van der Waals surface area contributed by atoms with Gasteiger partial charge in [0.15, 0.2) is 0 Å². The molecular weight excluding hydrogens is 262 g/mol. The minimum atomic E-state index is 0.0954. The Morgan fingerprint density at radius 2 is 2.14 bits per heavy atom. The number of nitrogens with zero attached hydrogens (tertiary/aromatic N) is 2. The summed E-state index contributed by atoms with van der Waals surface area (Å²) in [5, 5.41) is 0. The predicted octanol–water partition coefficient (Wildman–Crippen LogP) is 2.11. The molecule has 4 heteroatoms. The van der Waals surface area contributed by atoms with Gasteiger partial charge in [-0.3, -0.25) is 4.90 Å². The van der Waals surface area contributed by atoms with Crippen molar-refractivity contribution in [1.82, 2.24) is 9.80 Å². The summed E-state index contributed by atoms with van der Waals surface area (Å²) >= 11 is 0.